The first-order chi connectivity index (χ1) is 12.0. The fraction of sp³-hybridized carbons (Fsp3) is 0.312. The molecule has 1 aliphatic rings. The van der Waals surface area contributed by atoms with Crippen molar-refractivity contribution in [3.8, 4) is 0 Å². The molecule has 25 heavy (non-hydrogen) atoms. The van der Waals surface area contributed by atoms with Crippen molar-refractivity contribution in [2.75, 3.05) is 19.5 Å². The third-order valence-electron chi connectivity index (χ3n) is 3.93. The van der Waals surface area contributed by atoms with Gasteiger partial charge in [0.05, 0.1) is 25.7 Å². The van der Waals surface area contributed by atoms with Crippen molar-refractivity contribution in [2.45, 2.75) is 18.8 Å². The van der Waals surface area contributed by atoms with Crippen LogP contribution in [0.2, 0.25) is 0 Å². The van der Waals surface area contributed by atoms with Gasteiger partial charge in [0.2, 0.25) is 0 Å². The van der Waals surface area contributed by atoms with E-state index in [0.717, 1.165) is 4.88 Å². The minimum atomic E-state index is -0.607. The number of rotatable bonds is 4. The zero-order valence-electron chi connectivity index (χ0n) is 13.4. The number of anilines is 1. The number of ether oxygens (including phenoxy) is 2. The Morgan fingerprint density at radius 3 is 2.64 bits per heavy atom. The second-order valence-corrected chi connectivity index (χ2v) is 7.19. The highest BCUT2D eigenvalue weighted by molar-refractivity contribution is 9.10. The summed E-state index contributed by atoms with van der Waals surface area (Å²) < 4.78 is 15.3. The largest absolute Gasteiger partial charge is 0.469 e. The molecule has 3 rings (SSSR count). The van der Waals surface area contributed by atoms with Crippen LogP contribution in [0.25, 0.3) is 0 Å². The van der Waals surface area contributed by atoms with E-state index in [2.05, 4.69) is 21.2 Å². The topological polar surface area (TPSA) is 94.8 Å². The first-order valence-electron chi connectivity index (χ1n) is 7.34. The molecule has 0 aromatic carbocycles. The summed E-state index contributed by atoms with van der Waals surface area (Å²) >= 11 is 4.39. The Morgan fingerprint density at radius 1 is 1.28 bits per heavy atom. The predicted molar refractivity (Wildman–Crippen MR) is 93.1 cm³/mol. The van der Waals surface area contributed by atoms with E-state index in [1.165, 1.54) is 31.6 Å². The van der Waals surface area contributed by atoms with Crippen LogP contribution in [0.3, 0.4) is 0 Å². The van der Waals surface area contributed by atoms with E-state index in [1.54, 1.807) is 6.07 Å². The lowest BCUT2D eigenvalue weighted by atomic mass is 9.99. The Labute approximate surface area is 155 Å². The molecule has 0 saturated heterocycles. The fourth-order valence-electron chi connectivity index (χ4n) is 2.84. The van der Waals surface area contributed by atoms with E-state index in [1.807, 2.05) is 0 Å². The van der Waals surface area contributed by atoms with Crippen LogP contribution in [0.1, 0.15) is 43.7 Å². The maximum absolute atomic E-state index is 12.3. The molecule has 2 heterocycles. The van der Waals surface area contributed by atoms with E-state index in [4.69, 9.17) is 13.9 Å². The van der Waals surface area contributed by atoms with Gasteiger partial charge < -0.3 is 19.2 Å². The minimum Gasteiger partial charge on any atom is -0.469 e. The summed E-state index contributed by atoms with van der Waals surface area (Å²) in [4.78, 5) is 37.5. The number of nitrogens with one attached hydrogen (secondary N) is 1. The normalized spacial score (nSPS) is 15.6. The van der Waals surface area contributed by atoms with Gasteiger partial charge in [-0.05, 0) is 46.5 Å². The van der Waals surface area contributed by atoms with Crippen molar-refractivity contribution < 1.29 is 28.3 Å². The summed E-state index contributed by atoms with van der Waals surface area (Å²) in [6.45, 7) is 0. The van der Waals surface area contributed by atoms with Crippen LogP contribution in [-0.4, -0.2) is 32.1 Å². The van der Waals surface area contributed by atoms with Gasteiger partial charge in [-0.15, -0.1) is 11.3 Å². The molecule has 9 heteroatoms. The number of halogens is 1. The smallest absolute Gasteiger partial charge is 0.341 e. The van der Waals surface area contributed by atoms with Crippen LogP contribution in [0.4, 0.5) is 5.00 Å². The van der Waals surface area contributed by atoms with Gasteiger partial charge in [-0.25, -0.2) is 4.79 Å². The number of esters is 2. The average Bonchev–Trinajstić information content (AvgIpc) is 3.28. The number of aryl methyl sites for hydroxylation is 1. The van der Waals surface area contributed by atoms with E-state index < -0.39 is 23.8 Å². The number of methoxy groups -OCH3 is 2. The molecule has 1 N–H and O–H groups in total. The third kappa shape index (κ3) is 3.21. The van der Waals surface area contributed by atoms with Gasteiger partial charge in [0, 0.05) is 4.88 Å². The summed E-state index contributed by atoms with van der Waals surface area (Å²) in [5.74, 6) is -1.95. The Morgan fingerprint density at radius 2 is 2.04 bits per heavy atom. The van der Waals surface area contributed by atoms with Crippen LogP contribution in [0.5, 0.6) is 0 Å². The van der Waals surface area contributed by atoms with Crippen molar-refractivity contribution in [1.82, 2.24) is 0 Å². The number of amides is 1. The minimum absolute atomic E-state index is 0.0979. The first kappa shape index (κ1) is 17.7. The van der Waals surface area contributed by atoms with E-state index in [0.29, 0.717) is 28.1 Å². The lowest BCUT2D eigenvalue weighted by Crippen LogP contribution is -2.17. The van der Waals surface area contributed by atoms with Gasteiger partial charge in [-0.2, -0.15) is 0 Å². The number of thiophene rings is 1. The van der Waals surface area contributed by atoms with Gasteiger partial charge >= 0.3 is 11.9 Å². The molecule has 1 unspecified atom stereocenters. The molecule has 1 amide bonds. The summed E-state index contributed by atoms with van der Waals surface area (Å²) in [7, 11) is 2.56. The number of carbonyl (C=O) groups excluding carboxylic acids is 3. The molecule has 7 nitrogen and oxygen atoms in total. The number of furan rings is 1. The van der Waals surface area contributed by atoms with Gasteiger partial charge in [0.1, 0.15) is 5.00 Å². The first-order valence-corrected chi connectivity index (χ1v) is 8.95. The summed E-state index contributed by atoms with van der Waals surface area (Å²) in [5.41, 5.74) is 0.786. The molecule has 0 aliphatic heterocycles. The second kappa shape index (κ2) is 7.01. The fourth-order valence-corrected chi connectivity index (χ4v) is 4.40. The van der Waals surface area contributed by atoms with Crippen molar-refractivity contribution in [3.63, 3.8) is 0 Å². The average molecular weight is 428 g/mol. The van der Waals surface area contributed by atoms with Gasteiger partial charge in [-0.1, -0.05) is 0 Å². The highest BCUT2D eigenvalue weighted by atomic mass is 79.9. The van der Waals surface area contributed by atoms with Crippen LogP contribution >= 0.6 is 27.3 Å². The quantitative estimate of drug-likeness (QED) is 0.751. The Bertz CT molecular complexity index is 855. The molecule has 0 saturated carbocycles. The van der Waals surface area contributed by atoms with Gasteiger partial charge in [0.25, 0.3) is 5.91 Å². The van der Waals surface area contributed by atoms with Gasteiger partial charge in [-0.3, -0.25) is 9.59 Å². The second-order valence-electron chi connectivity index (χ2n) is 5.31. The molecule has 2 aromatic rings. The standard InChI is InChI=1S/C16H14BrNO6S/c1-22-15(20)7-3-5-9-11(7)12(16(21)23-2)14(25-9)18-13(19)8-4-6-10(17)24-8/h4,6-7H,3,5H2,1-2H3,(H,18,19). The molecule has 0 bridgehead atoms. The molecular weight excluding hydrogens is 414 g/mol. The monoisotopic (exact) mass is 427 g/mol. The Balaban J connectivity index is 1.99. The maximum atomic E-state index is 12.3. The van der Waals surface area contributed by atoms with E-state index in [9.17, 15) is 14.4 Å². The van der Waals surface area contributed by atoms with E-state index in [-0.39, 0.29) is 11.3 Å². The van der Waals surface area contributed by atoms with Crippen molar-refractivity contribution in [2.24, 2.45) is 0 Å². The molecule has 0 spiro atoms. The zero-order valence-corrected chi connectivity index (χ0v) is 15.8. The number of hydrogen-bond donors (Lipinski definition) is 1. The lowest BCUT2D eigenvalue weighted by Gasteiger charge is -2.11. The predicted octanol–water partition coefficient (Wildman–Crippen LogP) is 3.35. The third-order valence-corrected chi connectivity index (χ3v) is 5.54. The summed E-state index contributed by atoms with van der Waals surface area (Å²) in [5, 5.41) is 3.01. The lowest BCUT2D eigenvalue weighted by molar-refractivity contribution is -0.142. The van der Waals surface area contributed by atoms with Gasteiger partial charge in [0.15, 0.2) is 10.4 Å². The molecule has 1 aliphatic carbocycles. The van der Waals surface area contributed by atoms with Crippen molar-refractivity contribution in [1.29, 1.82) is 0 Å². The summed E-state index contributed by atoms with van der Waals surface area (Å²) in [6, 6.07) is 3.10. The van der Waals surface area contributed by atoms with Crippen LogP contribution in [0, 0.1) is 0 Å². The molecular formula is C16H14BrNO6S. The molecule has 0 radical (unpaired) electrons. The SMILES string of the molecule is COC(=O)c1c(NC(=O)c2ccc(Br)o2)sc2c1C(C(=O)OC)CC2. The van der Waals surface area contributed by atoms with Crippen molar-refractivity contribution >= 4 is 50.1 Å². The molecule has 132 valence electrons. The highest BCUT2D eigenvalue weighted by Gasteiger charge is 2.38. The Kier molecular flexibility index (Phi) is 4.96. The van der Waals surface area contributed by atoms with Crippen LogP contribution < -0.4 is 5.32 Å². The summed E-state index contributed by atoms with van der Waals surface area (Å²) in [6.07, 6.45) is 1.20. The highest BCUT2D eigenvalue weighted by Crippen LogP contribution is 2.46. The molecule has 2 aromatic heterocycles. The maximum Gasteiger partial charge on any atom is 0.341 e. The molecule has 0 fully saturated rings. The van der Waals surface area contributed by atoms with Crippen molar-refractivity contribution in [3.05, 3.63) is 38.6 Å². The van der Waals surface area contributed by atoms with Crippen LogP contribution in [0.15, 0.2) is 21.2 Å². The van der Waals surface area contributed by atoms with E-state index >= 15 is 0 Å². The van der Waals surface area contributed by atoms with Crippen LogP contribution in [-0.2, 0) is 20.7 Å². The molecule has 1 atom stereocenters. The number of carbonyl (C=O) groups is 3. The number of hydrogen-bond acceptors (Lipinski definition) is 7. The number of fused-ring (bicyclic) bond motifs is 1. The Hall–Kier alpha value is -2.13. The zero-order chi connectivity index (χ0) is 18.1.